The van der Waals surface area contributed by atoms with Crippen molar-refractivity contribution in [3.63, 3.8) is 0 Å². The van der Waals surface area contributed by atoms with Crippen molar-refractivity contribution in [2.24, 2.45) is 0 Å². The fourth-order valence-corrected chi connectivity index (χ4v) is 3.81. The number of rotatable bonds is 5. The molecule has 0 bridgehead atoms. The summed E-state index contributed by atoms with van der Waals surface area (Å²) >= 11 is 0.962. The quantitative estimate of drug-likeness (QED) is 0.809. The van der Waals surface area contributed by atoms with Gasteiger partial charge in [0, 0.05) is 5.56 Å². The van der Waals surface area contributed by atoms with Crippen LogP contribution in [0.3, 0.4) is 0 Å². The maximum absolute atomic E-state index is 12.1. The Labute approximate surface area is 156 Å². The van der Waals surface area contributed by atoms with Gasteiger partial charge in [-0.25, -0.2) is 0 Å². The molecule has 1 aromatic heterocycles. The molecule has 2 atom stereocenters. The molecule has 1 aromatic carbocycles. The van der Waals surface area contributed by atoms with Crippen LogP contribution in [0.5, 0.6) is 0 Å². The zero-order chi connectivity index (χ0) is 18.5. The number of piperidine rings is 1. The molecule has 1 amide bonds. The first-order valence-corrected chi connectivity index (χ1v) is 9.72. The molecule has 1 aliphatic rings. The predicted molar refractivity (Wildman–Crippen MR) is 99.6 cm³/mol. The van der Waals surface area contributed by atoms with E-state index in [2.05, 4.69) is 29.4 Å². The van der Waals surface area contributed by atoms with Crippen molar-refractivity contribution in [1.82, 2.24) is 5.27 Å². The summed E-state index contributed by atoms with van der Waals surface area (Å²) in [6, 6.07) is 9.61. The van der Waals surface area contributed by atoms with E-state index in [0.717, 1.165) is 24.6 Å². The Bertz CT molecular complexity index is 755. The number of carbonyl (C=O) groups excluding carboxylic acids is 2. The molecule has 2 aromatic rings. The van der Waals surface area contributed by atoms with Gasteiger partial charge in [-0.15, -0.1) is 5.01 Å². The third-order valence-electron chi connectivity index (χ3n) is 4.45. The zero-order valence-corrected chi connectivity index (χ0v) is 15.7. The van der Waals surface area contributed by atoms with E-state index >= 15 is 0 Å². The van der Waals surface area contributed by atoms with Crippen LogP contribution < -0.4 is 15.1 Å². The summed E-state index contributed by atoms with van der Waals surface area (Å²) in [4.78, 5) is 25.7. The summed E-state index contributed by atoms with van der Waals surface area (Å²) in [5.74, 6) is -0.0136. The van der Waals surface area contributed by atoms with Crippen molar-refractivity contribution in [2.75, 3.05) is 16.1 Å². The molecule has 2 heterocycles. The predicted octanol–water partition coefficient (Wildman–Crippen LogP) is 2.37. The van der Waals surface area contributed by atoms with Crippen molar-refractivity contribution in [1.29, 1.82) is 0 Å². The number of anilines is 1. The monoisotopic (exact) mass is 375 g/mol. The Hall–Kier alpha value is -2.35. The molecule has 8 heteroatoms. The van der Waals surface area contributed by atoms with E-state index in [0.29, 0.717) is 17.6 Å². The number of amides is 1. The van der Waals surface area contributed by atoms with Crippen LogP contribution in [0.1, 0.15) is 43.5 Å². The average molecular weight is 375 g/mol. The number of nitrogens with zero attached hydrogens (tertiary/aromatic N) is 3. The summed E-state index contributed by atoms with van der Waals surface area (Å²) in [5.41, 5.74) is 0.580. The molecule has 0 aliphatic carbocycles. The fraction of sp³-hybridized carbons (Fsp3) is 0.444. The molecule has 2 unspecified atom stereocenters. The van der Waals surface area contributed by atoms with Gasteiger partial charge in [-0.1, -0.05) is 42.1 Å². The Morgan fingerprint density at radius 3 is 2.65 bits per heavy atom. The number of hydrogen-bond donors (Lipinski definition) is 1. The second kappa shape index (κ2) is 8.35. The first kappa shape index (κ1) is 18.4. The van der Waals surface area contributed by atoms with Crippen molar-refractivity contribution in [3.05, 3.63) is 42.1 Å². The van der Waals surface area contributed by atoms with Crippen LogP contribution >= 0.6 is 11.8 Å². The van der Waals surface area contributed by atoms with Gasteiger partial charge < -0.3 is 0 Å². The van der Waals surface area contributed by atoms with Crippen molar-refractivity contribution in [2.45, 2.75) is 45.2 Å². The molecule has 138 valence electrons. The minimum atomic E-state index is -0.303. The molecule has 7 nitrogen and oxygen atoms in total. The Balaban J connectivity index is 1.54. The van der Waals surface area contributed by atoms with Gasteiger partial charge in [0.05, 0.1) is 22.6 Å². The SMILES string of the molecule is CC1CCCC(C)N1[n+]1cc(NC(=O)CSC(=O)c2ccccc2)on1. The van der Waals surface area contributed by atoms with Crippen LogP contribution in [-0.4, -0.2) is 34.1 Å². The van der Waals surface area contributed by atoms with Crippen LogP contribution in [0.25, 0.3) is 0 Å². The third kappa shape index (κ3) is 4.43. The van der Waals surface area contributed by atoms with Gasteiger partial charge >= 0.3 is 5.88 Å². The van der Waals surface area contributed by atoms with Gasteiger partial charge in [0.1, 0.15) is 0 Å². The fourth-order valence-electron chi connectivity index (χ4n) is 3.18. The highest BCUT2D eigenvalue weighted by Gasteiger charge is 2.34. The summed E-state index contributed by atoms with van der Waals surface area (Å²) in [6.07, 6.45) is 5.07. The van der Waals surface area contributed by atoms with E-state index in [-0.39, 0.29) is 22.7 Å². The summed E-state index contributed by atoms with van der Waals surface area (Å²) < 4.78 is 5.22. The third-order valence-corrected chi connectivity index (χ3v) is 5.35. The Morgan fingerprint density at radius 1 is 1.27 bits per heavy atom. The van der Waals surface area contributed by atoms with Crippen LogP contribution in [0.2, 0.25) is 0 Å². The van der Waals surface area contributed by atoms with Crippen LogP contribution in [0.4, 0.5) is 5.88 Å². The van der Waals surface area contributed by atoms with Crippen molar-refractivity contribution < 1.29 is 18.9 Å². The molecule has 1 saturated heterocycles. The highest BCUT2D eigenvalue weighted by Crippen LogP contribution is 2.18. The summed E-state index contributed by atoms with van der Waals surface area (Å²) in [6.45, 7) is 4.31. The van der Waals surface area contributed by atoms with Crippen LogP contribution in [-0.2, 0) is 4.79 Å². The van der Waals surface area contributed by atoms with E-state index < -0.39 is 0 Å². The topological polar surface area (TPSA) is 79.3 Å². The summed E-state index contributed by atoms with van der Waals surface area (Å²) in [5, 5.41) is 8.68. The molecule has 1 fully saturated rings. The lowest BCUT2D eigenvalue weighted by molar-refractivity contribution is -0.765. The van der Waals surface area contributed by atoms with Crippen LogP contribution in [0, 0.1) is 0 Å². The first-order chi connectivity index (χ1) is 12.5. The number of hydrogen-bond acceptors (Lipinski definition) is 6. The summed E-state index contributed by atoms with van der Waals surface area (Å²) in [7, 11) is 0. The molecular formula is C18H23N4O3S+. The van der Waals surface area contributed by atoms with E-state index in [9.17, 15) is 9.59 Å². The Kier molecular flexibility index (Phi) is 5.92. The molecule has 0 spiro atoms. The molecule has 3 rings (SSSR count). The molecule has 1 N–H and O–H groups in total. The van der Waals surface area contributed by atoms with E-state index in [4.69, 9.17) is 4.52 Å². The minimum absolute atomic E-state index is 0.0188. The molecule has 0 saturated carbocycles. The second-order valence-electron chi connectivity index (χ2n) is 6.49. The number of thioether (sulfide) groups is 1. The lowest BCUT2D eigenvalue weighted by Gasteiger charge is -2.31. The largest absolute Gasteiger partial charge is 0.305 e. The van der Waals surface area contributed by atoms with E-state index in [1.54, 1.807) is 35.3 Å². The van der Waals surface area contributed by atoms with Gasteiger partial charge in [-0.3, -0.25) is 19.4 Å². The lowest BCUT2D eigenvalue weighted by atomic mass is 10.00. The molecule has 1 aliphatic heterocycles. The van der Waals surface area contributed by atoms with Gasteiger partial charge in [-0.2, -0.15) is 0 Å². The highest BCUT2D eigenvalue weighted by atomic mass is 32.2. The maximum Gasteiger partial charge on any atom is 0.305 e. The standard InChI is InChI=1S/C18H22N4O3S/c1-13-7-6-8-14(2)22(13)21-11-17(25-20-21)19-16(23)12-26-18(24)15-9-4-3-5-10-15/h3-5,9-11,13-14H,6-8,12H2,1-2H3/p+1. The number of aromatic nitrogens is 2. The Morgan fingerprint density at radius 2 is 1.96 bits per heavy atom. The van der Waals surface area contributed by atoms with Gasteiger partial charge in [0.25, 0.3) is 6.20 Å². The number of carbonyl (C=O) groups is 2. The zero-order valence-electron chi connectivity index (χ0n) is 14.9. The van der Waals surface area contributed by atoms with Crippen molar-refractivity contribution >= 4 is 28.7 Å². The molecular weight excluding hydrogens is 352 g/mol. The maximum atomic E-state index is 12.1. The van der Waals surface area contributed by atoms with Gasteiger partial charge in [0.15, 0.2) is 0 Å². The highest BCUT2D eigenvalue weighted by molar-refractivity contribution is 8.14. The smallest absolute Gasteiger partial charge is 0.288 e. The van der Waals surface area contributed by atoms with E-state index in [1.165, 1.54) is 6.42 Å². The first-order valence-electron chi connectivity index (χ1n) is 8.74. The van der Waals surface area contributed by atoms with Gasteiger partial charge in [0.2, 0.25) is 16.3 Å². The van der Waals surface area contributed by atoms with Crippen molar-refractivity contribution in [3.8, 4) is 0 Å². The average Bonchev–Trinajstić information content (AvgIpc) is 3.08. The van der Waals surface area contributed by atoms with Gasteiger partial charge in [-0.05, 0) is 33.1 Å². The molecule has 26 heavy (non-hydrogen) atoms. The number of benzene rings is 1. The molecule has 0 radical (unpaired) electrons. The normalized spacial score (nSPS) is 20.0. The number of nitrogens with one attached hydrogen (secondary N) is 1. The lowest BCUT2D eigenvalue weighted by Crippen LogP contribution is -2.67. The minimum Gasteiger partial charge on any atom is -0.288 e. The van der Waals surface area contributed by atoms with E-state index in [1.807, 2.05) is 6.07 Å². The second-order valence-corrected chi connectivity index (χ2v) is 7.43. The van der Waals surface area contributed by atoms with Crippen LogP contribution in [0.15, 0.2) is 41.1 Å².